The number of hydrogen-bond acceptors (Lipinski definition) is 2. The first-order valence-electron chi connectivity index (χ1n) is 4.47. The molecule has 0 aliphatic heterocycles. The van der Waals surface area contributed by atoms with Gasteiger partial charge in [0.1, 0.15) is 11.4 Å². The molecule has 0 radical (unpaired) electrons. The predicted octanol–water partition coefficient (Wildman–Crippen LogP) is 2.44. The Bertz CT molecular complexity index is 178. The summed E-state index contributed by atoms with van der Waals surface area (Å²) in [5.74, 6) is 0.207. The number of carbonyl (C=O) groups is 1. The summed E-state index contributed by atoms with van der Waals surface area (Å²) in [7, 11) is 0. The minimum Gasteiger partial charge on any atom is -0.495 e. The Hall–Kier alpha value is -0.790. The fourth-order valence-corrected chi connectivity index (χ4v) is 1.99. The van der Waals surface area contributed by atoms with Gasteiger partial charge in [0.2, 0.25) is 0 Å². The molecule has 1 fully saturated rings. The first-order valence-corrected chi connectivity index (χ1v) is 4.47. The molecule has 12 heavy (non-hydrogen) atoms. The number of hydrogen-bond donors (Lipinski definition) is 0. The second kappa shape index (κ2) is 3.74. The number of rotatable bonds is 4. The summed E-state index contributed by atoms with van der Waals surface area (Å²) < 4.78 is 5.44. The zero-order valence-electron chi connectivity index (χ0n) is 7.64. The van der Waals surface area contributed by atoms with E-state index in [4.69, 9.17) is 4.74 Å². The molecule has 1 rings (SSSR count). The Morgan fingerprint density at radius 1 is 1.58 bits per heavy atom. The van der Waals surface area contributed by atoms with E-state index in [1.165, 1.54) is 19.1 Å². The maximum atomic E-state index is 11.0. The monoisotopic (exact) mass is 168 g/mol. The molecule has 1 saturated carbocycles. The third kappa shape index (κ3) is 2.10. The van der Waals surface area contributed by atoms with E-state index >= 15 is 0 Å². The van der Waals surface area contributed by atoms with Crippen LogP contribution in [0.1, 0.15) is 39.0 Å². The van der Waals surface area contributed by atoms with Gasteiger partial charge in [0.25, 0.3) is 0 Å². The molecular weight excluding hydrogens is 152 g/mol. The van der Waals surface area contributed by atoms with Gasteiger partial charge in [-0.3, -0.25) is 4.79 Å². The smallest absolute Gasteiger partial charge is 0.133 e. The summed E-state index contributed by atoms with van der Waals surface area (Å²) in [6.45, 7) is 5.16. The first kappa shape index (κ1) is 9.30. The first-order chi connectivity index (χ1) is 5.68. The van der Waals surface area contributed by atoms with Crippen molar-refractivity contribution in [1.29, 1.82) is 0 Å². The Morgan fingerprint density at radius 2 is 2.17 bits per heavy atom. The van der Waals surface area contributed by atoms with Crippen molar-refractivity contribution in [2.45, 2.75) is 44.6 Å². The minimum atomic E-state index is -0.201. The van der Waals surface area contributed by atoms with Crippen LogP contribution >= 0.6 is 0 Å². The van der Waals surface area contributed by atoms with Crippen molar-refractivity contribution < 1.29 is 9.53 Å². The molecule has 0 amide bonds. The van der Waals surface area contributed by atoms with Crippen molar-refractivity contribution in [1.82, 2.24) is 0 Å². The van der Waals surface area contributed by atoms with Gasteiger partial charge in [0, 0.05) is 6.42 Å². The minimum absolute atomic E-state index is 0.201. The average molecular weight is 168 g/mol. The van der Waals surface area contributed by atoms with Crippen LogP contribution in [0, 0.1) is 0 Å². The largest absolute Gasteiger partial charge is 0.495 e. The highest BCUT2D eigenvalue weighted by Crippen LogP contribution is 2.36. The summed E-state index contributed by atoms with van der Waals surface area (Å²) in [6, 6.07) is 0. The zero-order valence-corrected chi connectivity index (χ0v) is 7.64. The van der Waals surface area contributed by atoms with Crippen molar-refractivity contribution in [3.63, 3.8) is 0 Å². The van der Waals surface area contributed by atoms with E-state index in [0.29, 0.717) is 6.42 Å². The highest BCUT2D eigenvalue weighted by atomic mass is 16.5. The van der Waals surface area contributed by atoms with Crippen LogP contribution in [0.5, 0.6) is 0 Å². The van der Waals surface area contributed by atoms with Crippen LogP contribution in [0.15, 0.2) is 12.8 Å². The quantitative estimate of drug-likeness (QED) is 0.603. The summed E-state index contributed by atoms with van der Waals surface area (Å²) in [5, 5.41) is 0. The van der Waals surface area contributed by atoms with E-state index in [2.05, 4.69) is 6.58 Å². The molecule has 0 saturated heterocycles. The van der Waals surface area contributed by atoms with Crippen LogP contribution in [0.3, 0.4) is 0 Å². The topological polar surface area (TPSA) is 26.3 Å². The molecule has 1 aliphatic rings. The van der Waals surface area contributed by atoms with Gasteiger partial charge in [-0.1, -0.05) is 6.58 Å². The van der Waals surface area contributed by atoms with Gasteiger partial charge in [-0.25, -0.2) is 0 Å². The molecule has 0 aromatic rings. The molecule has 0 heterocycles. The van der Waals surface area contributed by atoms with Crippen molar-refractivity contribution in [2.75, 3.05) is 0 Å². The summed E-state index contributed by atoms with van der Waals surface area (Å²) in [5.41, 5.74) is -0.201. The number of carbonyl (C=O) groups excluding carboxylic acids is 1. The fraction of sp³-hybridized carbons (Fsp3) is 0.700. The Kier molecular flexibility index (Phi) is 2.90. The van der Waals surface area contributed by atoms with Crippen molar-refractivity contribution in [3.8, 4) is 0 Å². The van der Waals surface area contributed by atoms with Gasteiger partial charge in [0.05, 0.1) is 6.26 Å². The van der Waals surface area contributed by atoms with Gasteiger partial charge >= 0.3 is 0 Å². The van der Waals surface area contributed by atoms with E-state index in [9.17, 15) is 4.79 Å². The highest BCUT2D eigenvalue weighted by Gasteiger charge is 2.35. The summed E-state index contributed by atoms with van der Waals surface area (Å²) >= 11 is 0. The number of ketones is 1. The van der Waals surface area contributed by atoms with Crippen LogP contribution in [-0.2, 0) is 9.53 Å². The van der Waals surface area contributed by atoms with Gasteiger partial charge in [-0.2, -0.15) is 0 Å². The van der Waals surface area contributed by atoms with Crippen LogP contribution in [0.2, 0.25) is 0 Å². The molecule has 0 spiro atoms. The molecule has 68 valence electrons. The SMILES string of the molecule is C=COC1(CC(C)=O)CCCC1. The van der Waals surface area contributed by atoms with E-state index in [0.717, 1.165) is 12.8 Å². The molecule has 0 bridgehead atoms. The van der Waals surface area contributed by atoms with E-state index in [1.807, 2.05) is 0 Å². The molecule has 0 atom stereocenters. The molecule has 2 heteroatoms. The van der Waals surface area contributed by atoms with Crippen LogP contribution in [0.4, 0.5) is 0 Å². The molecule has 0 aromatic heterocycles. The van der Waals surface area contributed by atoms with Crippen molar-refractivity contribution in [2.24, 2.45) is 0 Å². The van der Waals surface area contributed by atoms with Gasteiger partial charge in [0.15, 0.2) is 0 Å². The Labute approximate surface area is 73.6 Å². The molecule has 2 nitrogen and oxygen atoms in total. The van der Waals surface area contributed by atoms with E-state index < -0.39 is 0 Å². The van der Waals surface area contributed by atoms with Crippen LogP contribution in [-0.4, -0.2) is 11.4 Å². The predicted molar refractivity (Wildman–Crippen MR) is 47.8 cm³/mol. The second-order valence-corrected chi connectivity index (χ2v) is 3.55. The normalized spacial score (nSPS) is 20.4. The van der Waals surface area contributed by atoms with Gasteiger partial charge < -0.3 is 4.74 Å². The highest BCUT2D eigenvalue weighted by molar-refractivity contribution is 5.76. The third-order valence-corrected chi connectivity index (χ3v) is 2.42. The lowest BCUT2D eigenvalue weighted by atomic mass is 9.95. The summed E-state index contributed by atoms with van der Waals surface area (Å²) in [6.07, 6.45) is 6.34. The van der Waals surface area contributed by atoms with E-state index in [1.54, 1.807) is 6.92 Å². The molecule has 0 aromatic carbocycles. The third-order valence-electron chi connectivity index (χ3n) is 2.42. The molecule has 0 unspecified atom stereocenters. The molecular formula is C10H16O2. The standard InChI is InChI=1S/C10H16O2/c1-3-12-10(8-9(2)11)6-4-5-7-10/h3H,1,4-8H2,2H3. The van der Waals surface area contributed by atoms with Gasteiger partial charge in [-0.05, 0) is 32.6 Å². The maximum absolute atomic E-state index is 11.0. The molecule has 0 N–H and O–H groups in total. The average Bonchev–Trinajstić information content (AvgIpc) is 2.36. The molecule has 1 aliphatic carbocycles. The van der Waals surface area contributed by atoms with Gasteiger partial charge in [-0.15, -0.1) is 0 Å². The Balaban J connectivity index is 2.57. The van der Waals surface area contributed by atoms with Crippen LogP contribution < -0.4 is 0 Å². The lowest BCUT2D eigenvalue weighted by Crippen LogP contribution is -2.29. The number of Topliss-reactive ketones (excluding diaryl/α,β-unsaturated/α-hetero) is 1. The van der Waals surface area contributed by atoms with Crippen molar-refractivity contribution in [3.05, 3.63) is 12.8 Å². The summed E-state index contributed by atoms with van der Waals surface area (Å²) in [4.78, 5) is 11.0. The van der Waals surface area contributed by atoms with E-state index in [-0.39, 0.29) is 11.4 Å². The zero-order chi connectivity index (χ0) is 9.03. The lowest BCUT2D eigenvalue weighted by molar-refractivity contribution is -0.122. The lowest BCUT2D eigenvalue weighted by Gasteiger charge is -2.26. The van der Waals surface area contributed by atoms with Crippen LogP contribution in [0.25, 0.3) is 0 Å². The maximum Gasteiger partial charge on any atom is 0.133 e. The van der Waals surface area contributed by atoms with Crippen molar-refractivity contribution >= 4 is 5.78 Å². The second-order valence-electron chi connectivity index (χ2n) is 3.55. The Morgan fingerprint density at radius 3 is 2.58 bits per heavy atom. The fourth-order valence-electron chi connectivity index (χ4n) is 1.99. The number of ether oxygens (including phenoxy) is 1.